The molecule has 1 aliphatic rings. The summed E-state index contributed by atoms with van der Waals surface area (Å²) in [7, 11) is 0. The van der Waals surface area contributed by atoms with Gasteiger partial charge in [0.1, 0.15) is 0 Å². The second-order valence-electron chi connectivity index (χ2n) is 5.09. The molecule has 1 aliphatic heterocycles. The molecule has 6 nitrogen and oxygen atoms in total. The van der Waals surface area contributed by atoms with Gasteiger partial charge in [-0.05, 0) is 47.9 Å². The first-order chi connectivity index (χ1) is 9.28. The zero-order valence-corrected chi connectivity index (χ0v) is 11.1. The molecule has 1 aromatic heterocycles. The second kappa shape index (κ2) is 5.05. The number of nitrogens with two attached hydrogens (primary N) is 1. The highest BCUT2D eigenvalue weighted by atomic mass is 16.6. The fraction of sp³-hybridized carbons (Fsp3) is 0.538. The van der Waals surface area contributed by atoms with Crippen LogP contribution in [0.3, 0.4) is 0 Å². The van der Waals surface area contributed by atoms with Gasteiger partial charge in [0.05, 0.1) is 11.4 Å². The largest absolute Gasteiger partial charge is 0.397 e. The van der Waals surface area contributed by atoms with Crippen molar-refractivity contribution >= 4 is 22.4 Å². The number of anilines is 2. The highest BCUT2D eigenvalue weighted by Crippen LogP contribution is 2.26. The zero-order chi connectivity index (χ0) is 13.2. The zero-order valence-electron chi connectivity index (χ0n) is 11.1. The van der Waals surface area contributed by atoms with Crippen LogP contribution in [0.15, 0.2) is 16.8 Å². The quantitative estimate of drug-likeness (QED) is 0.813. The number of nitrogens with one attached hydrogen (secondary N) is 1. The molecule has 0 spiro atoms. The summed E-state index contributed by atoms with van der Waals surface area (Å²) in [6, 6.07) is 3.77. The summed E-state index contributed by atoms with van der Waals surface area (Å²) >= 11 is 0. The van der Waals surface area contributed by atoms with Crippen LogP contribution in [0.25, 0.3) is 11.0 Å². The van der Waals surface area contributed by atoms with Gasteiger partial charge in [0, 0.05) is 13.1 Å². The number of rotatable bonds is 4. The van der Waals surface area contributed by atoms with Crippen molar-refractivity contribution in [2.45, 2.75) is 13.3 Å². The van der Waals surface area contributed by atoms with E-state index in [1.54, 1.807) is 0 Å². The van der Waals surface area contributed by atoms with Gasteiger partial charge >= 0.3 is 0 Å². The van der Waals surface area contributed by atoms with Crippen molar-refractivity contribution in [3.63, 3.8) is 0 Å². The normalized spacial score (nSPS) is 20.2. The molecular weight excluding hydrogens is 242 g/mol. The van der Waals surface area contributed by atoms with Crippen LogP contribution in [0.5, 0.6) is 0 Å². The average Bonchev–Trinajstić information content (AvgIpc) is 3.07. The van der Waals surface area contributed by atoms with Crippen LogP contribution < -0.4 is 11.1 Å². The molecule has 0 bridgehead atoms. The number of likely N-dealkylation sites (tertiary alicyclic amines) is 1. The molecule has 1 unspecified atom stereocenters. The molecule has 3 N–H and O–H groups in total. The maximum absolute atomic E-state index is 5.83. The molecule has 1 aromatic carbocycles. The van der Waals surface area contributed by atoms with Gasteiger partial charge in [-0.15, -0.1) is 0 Å². The van der Waals surface area contributed by atoms with E-state index in [1.807, 2.05) is 12.1 Å². The first-order valence-electron chi connectivity index (χ1n) is 6.75. The Hall–Kier alpha value is -1.82. The van der Waals surface area contributed by atoms with Gasteiger partial charge < -0.3 is 16.0 Å². The van der Waals surface area contributed by atoms with E-state index >= 15 is 0 Å². The van der Waals surface area contributed by atoms with Gasteiger partial charge in [-0.25, -0.2) is 4.63 Å². The lowest BCUT2D eigenvalue weighted by molar-refractivity contribution is 0.315. The van der Waals surface area contributed by atoms with E-state index in [9.17, 15) is 0 Å². The SMILES string of the molecule is CCN1CCC(CNc2ccc(N)c3nonc23)C1. The topological polar surface area (TPSA) is 80.2 Å². The first kappa shape index (κ1) is 12.2. The summed E-state index contributed by atoms with van der Waals surface area (Å²) < 4.78 is 4.76. The third kappa shape index (κ3) is 2.35. The van der Waals surface area contributed by atoms with Gasteiger partial charge in [0.2, 0.25) is 0 Å². The van der Waals surface area contributed by atoms with Gasteiger partial charge in [-0.1, -0.05) is 6.92 Å². The third-order valence-electron chi connectivity index (χ3n) is 3.85. The van der Waals surface area contributed by atoms with Crippen LogP contribution in [0, 0.1) is 5.92 Å². The molecule has 6 heteroatoms. The predicted octanol–water partition coefficient (Wildman–Crippen LogP) is 1.56. The Bertz CT molecular complexity index is 567. The number of benzene rings is 1. The minimum absolute atomic E-state index is 0.597. The van der Waals surface area contributed by atoms with Gasteiger partial charge in [-0.2, -0.15) is 0 Å². The average molecular weight is 261 g/mol. The fourth-order valence-corrected chi connectivity index (χ4v) is 2.65. The molecule has 2 aromatic rings. The van der Waals surface area contributed by atoms with Crippen molar-refractivity contribution in [2.75, 3.05) is 37.2 Å². The number of fused-ring (bicyclic) bond motifs is 1. The van der Waals surface area contributed by atoms with Crippen molar-refractivity contribution in [1.82, 2.24) is 15.2 Å². The van der Waals surface area contributed by atoms with Crippen LogP contribution in [-0.2, 0) is 0 Å². The Morgan fingerprint density at radius 1 is 1.42 bits per heavy atom. The molecule has 0 saturated carbocycles. The summed E-state index contributed by atoms with van der Waals surface area (Å²) in [5, 5.41) is 11.2. The molecule has 1 atom stereocenters. The third-order valence-corrected chi connectivity index (χ3v) is 3.85. The van der Waals surface area contributed by atoms with Crippen molar-refractivity contribution in [2.24, 2.45) is 5.92 Å². The minimum Gasteiger partial charge on any atom is -0.397 e. The Morgan fingerprint density at radius 3 is 3.05 bits per heavy atom. The van der Waals surface area contributed by atoms with E-state index in [4.69, 9.17) is 10.4 Å². The predicted molar refractivity (Wildman–Crippen MR) is 74.9 cm³/mol. The van der Waals surface area contributed by atoms with Crippen molar-refractivity contribution < 1.29 is 4.63 Å². The summed E-state index contributed by atoms with van der Waals surface area (Å²) in [6.45, 7) is 6.66. The van der Waals surface area contributed by atoms with Crippen LogP contribution in [-0.4, -0.2) is 41.4 Å². The maximum Gasteiger partial charge on any atom is 0.160 e. The summed E-state index contributed by atoms with van der Waals surface area (Å²) in [5.41, 5.74) is 8.71. The van der Waals surface area contributed by atoms with E-state index in [-0.39, 0.29) is 0 Å². The van der Waals surface area contributed by atoms with Gasteiger partial charge in [-0.3, -0.25) is 0 Å². The lowest BCUT2D eigenvalue weighted by Crippen LogP contribution is -2.22. The maximum atomic E-state index is 5.83. The highest BCUT2D eigenvalue weighted by Gasteiger charge is 2.21. The fourth-order valence-electron chi connectivity index (χ4n) is 2.65. The Balaban J connectivity index is 1.69. The second-order valence-corrected chi connectivity index (χ2v) is 5.09. The highest BCUT2D eigenvalue weighted by molar-refractivity contribution is 5.94. The first-order valence-corrected chi connectivity index (χ1v) is 6.75. The summed E-state index contributed by atoms with van der Waals surface area (Å²) in [4.78, 5) is 2.47. The molecule has 2 heterocycles. The van der Waals surface area contributed by atoms with Crippen LogP contribution >= 0.6 is 0 Å². The van der Waals surface area contributed by atoms with E-state index < -0.39 is 0 Å². The molecule has 3 rings (SSSR count). The van der Waals surface area contributed by atoms with E-state index in [0.29, 0.717) is 22.6 Å². The van der Waals surface area contributed by atoms with Gasteiger partial charge in [0.25, 0.3) is 0 Å². The standard InChI is InChI=1S/C13H19N5O/c1-2-18-6-5-9(8-18)7-15-11-4-3-10(14)12-13(11)17-19-16-12/h3-4,9,15H,2,5-8,14H2,1H3. The number of nitrogens with zero attached hydrogens (tertiary/aromatic N) is 3. The van der Waals surface area contributed by atoms with Crippen molar-refractivity contribution in [1.29, 1.82) is 0 Å². The number of nitrogen functional groups attached to an aromatic ring is 1. The molecular formula is C13H19N5O. The van der Waals surface area contributed by atoms with Crippen molar-refractivity contribution in [3.05, 3.63) is 12.1 Å². The van der Waals surface area contributed by atoms with E-state index in [2.05, 4.69) is 27.5 Å². The Morgan fingerprint density at radius 2 is 2.26 bits per heavy atom. The van der Waals surface area contributed by atoms with E-state index in [1.165, 1.54) is 19.5 Å². The molecule has 1 fully saturated rings. The van der Waals surface area contributed by atoms with Crippen molar-refractivity contribution in [3.8, 4) is 0 Å². The molecule has 19 heavy (non-hydrogen) atoms. The number of aromatic nitrogens is 2. The Labute approximate surface area is 111 Å². The molecule has 0 radical (unpaired) electrons. The molecule has 0 amide bonds. The molecule has 0 aliphatic carbocycles. The summed E-state index contributed by atoms with van der Waals surface area (Å²) in [6.07, 6.45) is 1.25. The minimum atomic E-state index is 0.597. The lowest BCUT2D eigenvalue weighted by atomic mass is 10.1. The smallest absolute Gasteiger partial charge is 0.160 e. The monoisotopic (exact) mass is 261 g/mol. The van der Waals surface area contributed by atoms with Crippen LogP contribution in [0.1, 0.15) is 13.3 Å². The summed E-state index contributed by atoms with van der Waals surface area (Å²) in [5.74, 6) is 0.687. The number of hydrogen-bond acceptors (Lipinski definition) is 6. The van der Waals surface area contributed by atoms with Gasteiger partial charge in [0.15, 0.2) is 11.0 Å². The Kier molecular flexibility index (Phi) is 3.25. The van der Waals surface area contributed by atoms with Crippen LogP contribution in [0.4, 0.5) is 11.4 Å². The molecule has 102 valence electrons. The van der Waals surface area contributed by atoms with E-state index in [0.717, 1.165) is 18.8 Å². The lowest BCUT2D eigenvalue weighted by Gasteiger charge is -2.14. The van der Waals surface area contributed by atoms with Crippen LogP contribution in [0.2, 0.25) is 0 Å². The molecule has 1 saturated heterocycles. The number of hydrogen-bond donors (Lipinski definition) is 2.